The molecule has 1 aromatic carbocycles. The summed E-state index contributed by atoms with van der Waals surface area (Å²) in [6, 6.07) is 9.62. The van der Waals surface area contributed by atoms with Gasteiger partial charge in [-0.05, 0) is 37.6 Å². The number of epoxide rings is 1. The van der Waals surface area contributed by atoms with Crippen LogP contribution in [-0.2, 0) is 19.0 Å². The van der Waals surface area contributed by atoms with E-state index in [1.165, 1.54) is 6.08 Å². The lowest BCUT2D eigenvalue weighted by Crippen LogP contribution is -2.21. The van der Waals surface area contributed by atoms with Crippen molar-refractivity contribution in [3.8, 4) is 6.07 Å². The van der Waals surface area contributed by atoms with Gasteiger partial charge in [0, 0.05) is 18.8 Å². The first-order chi connectivity index (χ1) is 12.2. The third kappa shape index (κ3) is 6.22. The summed E-state index contributed by atoms with van der Waals surface area (Å²) in [7, 11) is 0. The molecular weight excluding hydrogens is 320 g/mol. The van der Waals surface area contributed by atoms with Crippen molar-refractivity contribution in [2.24, 2.45) is 0 Å². The number of hydrogen-bond acceptors (Lipinski definition) is 6. The second kappa shape index (κ2) is 9.82. The second-order valence-corrected chi connectivity index (χ2v) is 5.60. The van der Waals surface area contributed by atoms with Gasteiger partial charge in [-0.15, -0.1) is 0 Å². The largest absolute Gasteiger partial charge is 0.459 e. The Morgan fingerprint density at radius 2 is 2.00 bits per heavy atom. The van der Waals surface area contributed by atoms with Gasteiger partial charge >= 0.3 is 5.97 Å². The Morgan fingerprint density at radius 1 is 1.32 bits per heavy atom. The quantitative estimate of drug-likeness (QED) is 0.213. The van der Waals surface area contributed by atoms with Crippen LogP contribution in [0, 0.1) is 11.3 Å². The van der Waals surface area contributed by atoms with E-state index in [-0.39, 0.29) is 18.3 Å². The van der Waals surface area contributed by atoms with Crippen molar-refractivity contribution in [1.29, 1.82) is 5.26 Å². The van der Waals surface area contributed by atoms with Crippen LogP contribution in [0.4, 0.5) is 5.69 Å². The molecule has 1 aliphatic rings. The molecule has 1 aliphatic heterocycles. The van der Waals surface area contributed by atoms with E-state index in [1.54, 1.807) is 0 Å². The fraction of sp³-hybridized carbons (Fsp3) is 0.474. The van der Waals surface area contributed by atoms with Crippen molar-refractivity contribution < 1.29 is 19.0 Å². The molecule has 0 spiro atoms. The number of ether oxygens (including phenoxy) is 3. The minimum atomic E-state index is -0.637. The Balaban J connectivity index is 1.86. The number of carbonyl (C=O) groups is 1. The molecule has 25 heavy (non-hydrogen) atoms. The van der Waals surface area contributed by atoms with Gasteiger partial charge in [0.1, 0.15) is 24.4 Å². The minimum absolute atomic E-state index is 0.0267. The molecule has 0 aliphatic carbocycles. The van der Waals surface area contributed by atoms with Gasteiger partial charge in [0.25, 0.3) is 0 Å². The molecule has 1 heterocycles. The third-order valence-corrected chi connectivity index (χ3v) is 3.84. The monoisotopic (exact) mass is 344 g/mol. The van der Waals surface area contributed by atoms with Crippen molar-refractivity contribution in [1.82, 2.24) is 0 Å². The maximum atomic E-state index is 12.0. The molecule has 6 heteroatoms. The number of esters is 1. The van der Waals surface area contributed by atoms with E-state index < -0.39 is 5.97 Å². The van der Waals surface area contributed by atoms with Crippen LogP contribution >= 0.6 is 0 Å². The van der Waals surface area contributed by atoms with Gasteiger partial charge in [-0.2, -0.15) is 5.26 Å². The number of nitriles is 1. The highest BCUT2D eigenvalue weighted by molar-refractivity contribution is 5.97. The molecule has 1 aromatic rings. The Bertz CT molecular complexity index is 626. The van der Waals surface area contributed by atoms with Crippen LogP contribution in [-0.4, -0.2) is 51.6 Å². The summed E-state index contributed by atoms with van der Waals surface area (Å²) < 4.78 is 15.4. The molecule has 0 N–H and O–H groups in total. The van der Waals surface area contributed by atoms with Crippen LogP contribution in [0.2, 0.25) is 0 Å². The first kappa shape index (κ1) is 19.0. The number of benzene rings is 1. The highest BCUT2D eigenvalue weighted by Gasteiger charge is 2.22. The Labute approximate surface area is 148 Å². The molecule has 1 saturated heterocycles. The number of anilines is 1. The zero-order chi connectivity index (χ0) is 18.1. The van der Waals surface area contributed by atoms with E-state index in [1.807, 2.05) is 30.3 Å². The summed E-state index contributed by atoms with van der Waals surface area (Å²) in [5.74, 6) is -0.637. The predicted octanol–water partition coefficient (Wildman–Crippen LogP) is 2.40. The summed E-state index contributed by atoms with van der Waals surface area (Å²) in [5.41, 5.74) is 1.87. The van der Waals surface area contributed by atoms with E-state index in [0.717, 1.165) is 30.9 Å². The average molecular weight is 344 g/mol. The second-order valence-electron chi connectivity index (χ2n) is 5.60. The topological polar surface area (TPSA) is 75.1 Å². The van der Waals surface area contributed by atoms with E-state index in [2.05, 4.69) is 18.7 Å². The Hall–Kier alpha value is -2.36. The number of carbonyl (C=O) groups excluding carboxylic acids is 1. The molecular formula is C19H24N2O4. The fourth-order valence-electron chi connectivity index (χ4n) is 2.32. The van der Waals surface area contributed by atoms with Crippen molar-refractivity contribution >= 4 is 17.7 Å². The van der Waals surface area contributed by atoms with Crippen molar-refractivity contribution in [3.63, 3.8) is 0 Å². The zero-order valence-electron chi connectivity index (χ0n) is 14.7. The standard InChI is InChI=1S/C19H24N2O4/c1-3-21(4-2)17-7-5-15(6-8-17)11-16(12-20)19(22)24-10-9-23-13-18-14-25-18/h5-8,11,18H,3-4,9-10,13-14H2,1-2H3/b16-11+. The van der Waals surface area contributed by atoms with Gasteiger partial charge in [0.2, 0.25) is 0 Å². The van der Waals surface area contributed by atoms with Crippen LogP contribution < -0.4 is 4.90 Å². The van der Waals surface area contributed by atoms with Gasteiger partial charge in [0.05, 0.1) is 19.8 Å². The number of hydrogen-bond donors (Lipinski definition) is 0. The van der Waals surface area contributed by atoms with E-state index in [0.29, 0.717) is 13.2 Å². The summed E-state index contributed by atoms with van der Waals surface area (Å²) in [6.07, 6.45) is 1.72. The molecule has 6 nitrogen and oxygen atoms in total. The lowest BCUT2D eigenvalue weighted by Gasteiger charge is -2.20. The molecule has 1 unspecified atom stereocenters. The summed E-state index contributed by atoms with van der Waals surface area (Å²) in [6.45, 7) is 7.71. The Kier molecular flexibility index (Phi) is 7.45. The minimum Gasteiger partial charge on any atom is -0.459 e. The lowest BCUT2D eigenvalue weighted by atomic mass is 10.1. The molecule has 2 rings (SSSR count). The average Bonchev–Trinajstić information content (AvgIpc) is 3.45. The fourth-order valence-corrected chi connectivity index (χ4v) is 2.32. The molecule has 0 amide bonds. The first-order valence-corrected chi connectivity index (χ1v) is 8.51. The van der Waals surface area contributed by atoms with Gasteiger partial charge in [-0.25, -0.2) is 4.79 Å². The maximum absolute atomic E-state index is 12.0. The normalized spacial score (nSPS) is 16.2. The molecule has 134 valence electrons. The van der Waals surface area contributed by atoms with E-state index in [4.69, 9.17) is 14.2 Å². The molecule has 0 saturated carbocycles. The predicted molar refractivity (Wildman–Crippen MR) is 95.1 cm³/mol. The summed E-state index contributed by atoms with van der Waals surface area (Å²) in [4.78, 5) is 14.2. The highest BCUT2D eigenvalue weighted by Crippen LogP contribution is 2.17. The van der Waals surface area contributed by atoms with Crippen molar-refractivity contribution in [2.45, 2.75) is 20.0 Å². The lowest BCUT2D eigenvalue weighted by molar-refractivity contribution is -0.140. The van der Waals surface area contributed by atoms with Gasteiger partial charge < -0.3 is 19.1 Å². The number of nitrogens with zero attached hydrogens (tertiary/aromatic N) is 2. The van der Waals surface area contributed by atoms with E-state index in [9.17, 15) is 10.1 Å². The van der Waals surface area contributed by atoms with Crippen LogP contribution in [0.25, 0.3) is 6.08 Å². The molecule has 0 radical (unpaired) electrons. The molecule has 0 bridgehead atoms. The van der Waals surface area contributed by atoms with Crippen molar-refractivity contribution in [3.05, 3.63) is 35.4 Å². The van der Waals surface area contributed by atoms with Crippen molar-refractivity contribution in [2.75, 3.05) is 44.4 Å². The molecule has 1 fully saturated rings. The Morgan fingerprint density at radius 3 is 2.56 bits per heavy atom. The van der Waals surface area contributed by atoms with Crippen LogP contribution in [0.1, 0.15) is 19.4 Å². The smallest absolute Gasteiger partial charge is 0.348 e. The number of rotatable bonds is 10. The third-order valence-electron chi connectivity index (χ3n) is 3.84. The summed E-state index contributed by atoms with van der Waals surface area (Å²) in [5, 5.41) is 9.19. The molecule has 1 atom stereocenters. The van der Waals surface area contributed by atoms with Gasteiger partial charge in [-0.1, -0.05) is 12.1 Å². The zero-order valence-corrected chi connectivity index (χ0v) is 14.7. The van der Waals surface area contributed by atoms with Gasteiger partial charge in [0.15, 0.2) is 0 Å². The highest BCUT2D eigenvalue weighted by atomic mass is 16.6. The molecule has 0 aromatic heterocycles. The first-order valence-electron chi connectivity index (χ1n) is 8.51. The van der Waals surface area contributed by atoms with Crippen LogP contribution in [0.15, 0.2) is 29.8 Å². The SMILES string of the molecule is CCN(CC)c1ccc(/C=C(\C#N)C(=O)OCCOCC2CO2)cc1. The van der Waals surface area contributed by atoms with Crippen LogP contribution in [0.3, 0.4) is 0 Å². The summed E-state index contributed by atoms with van der Waals surface area (Å²) >= 11 is 0. The van der Waals surface area contributed by atoms with Gasteiger partial charge in [-0.3, -0.25) is 0 Å². The van der Waals surface area contributed by atoms with Crippen LogP contribution in [0.5, 0.6) is 0 Å². The van der Waals surface area contributed by atoms with E-state index >= 15 is 0 Å². The maximum Gasteiger partial charge on any atom is 0.348 e.